The molecule has 0 aliphatic heterocycles. The second kappa shape index (κ2) is 6.63. The molecule has 1 rings (SSSR count). The van der Waals surface area contributed by atoms with Crippen molar-refractivity contribution in [1.82, 2.24) is 5.32 Å². The molecule has 0 radical (unpaired) electrons. The zero-order chi connectivity index (χ0) is 14.4. The second-order valence-corrected chi connectivity index (χ2v) is 3.96. The Morgan fingerprint density at radius 1 is 1.32 bits per heavy atom. The highest BCUT2D eigenvalue weighted by atomic mass is 16.5. The van der Waals surface area contributed by atoms with Crippen molar-refractivity contribution in [3.8, 4) is 11.5 Å². The van der Waals surface area contributed by atoms with Crippen molar-refractivity contribution in [2.45, 2.75) is 19.4 Å². The fraction of sp³-hybridized carbons (Fsp3) is 0.385. The molecule has 0 saturated carbocycles. The Labute approximate surface area is 111 Å². The van der Waals surface area contributed by atoms with Crippen LogP contribution < -0.4 is 14.8 Å². The molecule has 0 aliphatic carbocycles. The lowest BCUT2D eigenvalue weighted by molar-refractivity contribution is -0.137. The van der Waals surface area contributed by atoms with Crippen molar-refractivity contribution in [2.75, 3.05) is 14.2 Å². The lowest BCUT2D eigenvalue weighted by atomic mass is 10.0. The van der Waals surface area contributed by atoms with E-state index in [0.29, 0.717) is 17.1 Å². The van der Waals surface area contributed by atoms with Gasteiger partial charge in [-0.2, -0.15) is 0 Å². The average molecular weight is 267 g/mol. The van der Waals surface area contributed by atoms with Crippen LogP contribution in [0.25, 0.3) is 0 Å². The maximum atomic E-state index is 11.2. The largest absolute Gasteiger partial charge is 0.497 e. The van der Waals surface area contributed by atoms with Crippen molar-refractivity contribution in [1.29, 1.82) is 0 Å². The van der Waals surface area contributed by atoms with Crippen LogP contribution in [0.5, 0.6) is 11.5 Å². The third kappa shape index (κ3) is 4.17. The maximum Gasteiger partial charge on any atom is 0.305 e. The van der Waals surface area contributed by atoms with E-state index in [4.69, 9.17) is 14.6 Å². The molecule has 0 spiro atoms. The van der Waals surface area contributed by atoms with Crippen LogP contribution in [0.3, 0.4) is 0 Å². The van der Waals surface area contributed by atoms with Gasteiger partial charge in [0.15, 0.2) is 0 Å². The van der Waals surface area contributed by atoms with Gasteiger partial charge in [-0.3, -0.25) is 9.59 Å². The standard InChI is InChI=1S/C13H17NO5/c1-8(15)14-11(7-13(16)17)10-5-4-9(18-2)6-12(10)19-3/h4-6,11H,7H2,1-3H3,(H,14,15)(H,16,17)/t11-/m1/s1. The van der Waals surface area contributed by atoms with Gasteiger partial charge < -0.3 is 19.9 Å². The van der Waals surface area contributed by atoms with Crippen LogP contribution in [0.4, 0.5) is 0 Å². The molecule has 6 nitrogen and oxygen atoms in total. The minimum Gasteiger partial charge on any atom is -0.497 e. The van der Waals surface area contributed by atoms with Crippen LogP contribution in [0.2, 0.25) is 0 Å². The number of carbonyl (C=O) groups excluding carboxylic acids is 1. The molecular weight excluding hydrogens is 250 g/mol. The van der Waals surface area contributed by atoms with E-state index in [-0.39, 0.29) is 12.3 Å². The Kier molecular flexibility index (Phi) is 5.17. The molecule has 1 atom stereocenters. The van der Waals surface area contributed by atoms with E-state index in [2.05, 4.69) is 5.32 Å². The number of benzene rings is 1. The van der Waals surface area contributed by atoms with Crippen LogP contribution >= 0.6 is 0 Å². The Bertz CT molecular complexity index is 456. The molecular formula is C13H17NO5. The molecule has 2 N–H and O–H groups in total. The van der Waals surface area contributed by atoms with Gasteiger partial charge in [0, 0.05) is 18.6 Å². The average Bonchev–Trinajstić information content (AvgIpc) is 2.36. The molecule has 0 fully saturated rings. The molecule has 104 valence electrons. The molecule has 0 unspecified atom stereocenters. The third-order valence-electron chi connectivity index (χ3n) is 2.57. The second-order valence-electron chi connectivity index (χ2n) is 3.96. The molecule has 0 bridgehead atoms. The van der Waals surface area contributed by atoms with Crippen LogP contribution in [-0.2, 0) is 9.59 Å². The van der Waals surface area contributed by atoms with Gasteiger partial charge in [-0.15, -0.1) is 0 Å². The van der Waals surface area contributed by atoms with Gasteiger partial charge in [0.2, 0.25) is 5.91 Å². The zero-order valence-electron chi connectivity index (χ0n) is 11.1. The van der Waals surface area contributed by atoms with Crippen molar-refractivity contribution < 1.29 is 24.2 Å². The summed E-state index contributed by atoms with van der Waals surface area (Å²) in [5.41, 5.74) is 0.598. The Balaban J connectivity index is 3.12. The van der Waals surface area contributed by atoms with Crippen LogP contribution in [0, 0.1) is 0 Å². The minimum absolute atomic E-state index is 0.220. The molecule has 1 aromatic carbocycles. The molecule has 0 aromatic heterocycles. The number of amides is 1. The Morgan fingerprint density at radius 2 is 2.00 bits per heavy atom. The first-order chi connectivity index (χ1) is 8.97. The van der Waals surface area contributed by atoms with Crippen LogP contribution in [0.15, 0.2) is 18.2 Å². The molecule has 6 heteroatoms. The van der Waals surface area contributed by atoms with E-state index in [0.717, 1.165) is 0 Å². The first-order valence-corrected chi connectivity index (χ1v) is 5.68. The summed E-state index contributed by atoms with van der Waals surface area (Å²) in [5.74, 6) is -0.238. The summed E-state index contributed by atoms with van der Waals surface area (Å²) in [4.78, 5) is 22.0. The van der Waals surface area contributed by atoms with Gasteiger partial charge in [-0.25, -0.2) is 0 Å². The summed E-state index contributed by atoms with van der Waals surface area (Å²) < 4.78 is 10.3. The molecule has 0 saturated heterocycles. The van der Waals surface area contributed by atoms with E-state index >= 15 is 0 Å². The zero-order valence-corrected chi connectivity index (χ0v) is 11.1. The van der Waals surface area contributed by atoms with E-state index in [1.165, 1.54) is 21.1 Å². The van der Waals surface area contributed by atoms with Crippen molar-refractivity contribution in [2.24, 2.45) is 0 Å². The predicted octanol–water partition coefficient (Wildman–Crippen LogP) is 1.36. The summed E-state index contributed by atoms with van der Waals surface area (Å²) >= 11 is 0. The molecule has 1 aromatic rings. The smallest absolute Gasteiger partial charge is 0.305 e. The van der Waals surface area contributed by atoms with Gasteiger partial charge in [0.25, 0.3) is 0 Å². The maximum absolute atomic E-state index is 11.2. The lowest BCUT2D eigenvalue weighted by Crippen LogP contribution is -2.28. The highest BCUT2D eigenvalue weighted by Gasteiger charge is 2.20. The van der Waals surface area contributed by atoms with E-state index in [1.807, 2.05) is 0 Å². The predicted molar refractivity (Wildman–Crippen MR) is 68.4 cm³/mol. The highest BCUT2D eigenvalue weighted by Crippen LogP contribution is 2.31. The monoisotopic (exact) mass is 267 g/mol. The number of carbonyl (C=O) groups is 2. The summed E-state index contributed by atoms with van der Waals surface area (Å²) in [7, 11) is 3.00. The highest BCUT2D eigenvalue weighted by molar-refractivity contribution is 5.75. The quantitative estimate of drug-likeness (QED) is 0.812. The van der Waals surface area contributed by atoms with E-state index < -0.39 is 12.0 Å². The Hall–Kier alpha value is -2.24. The number of hydrogen-bond donors (Lipinski definition) is 2. The number of aliphatic carboxylic acids is 1. The van der Waals surface area contributed by atoms with Crippen molar-refractivity contribution in [3.63, 3.8) is 0 Å². The van der Waals surface area contributed by atoms with Gasteiger partial charge in [-0.1, -0.05) is 0 Å². The third-order valence-corrected chi connectivity index (χ3v) is 2.57. The van der Waals surface area contributed by atoms with Gasteiger partial charge >= 0.3 is 5.97 Å². The summed E-state index contributed by atoms with van der Waals surface area (Å²) in [6.45, 7) is 1.34. The van der Waals surface area contributed by atoms with Gasteiger partial charge in [0.05, 0.1) is 26.7 Å². The Morgan fingerprint density at radius 3 is 2.47 bits per heavy atom. The SMILES string of the molecule is COc1ccc([C@@H](CC(=O)O)NC(C)=O)c(OC)c1. The number of rotatable bonds is 6. The topological polar surface area (TPSA) is 84.9 Å². The van der Waals surface area contributed by atoms with Gasteiger partial charge in [0.1, 0.15) is 11.5 Å². The summed E-state index contributed by atoms with van der Waals surface area (Å²) in [6, 6.07) is 4.37. The molecule has 0 aliphatic rings. The fourth-order valence-electron chi connectivity index (χ4n) is 1.77. The first kappa shape index (κ1) is 14.8. The minimum atomic E-state index is -1.00. The lowest BCUT2D eigenvalue weighted by Gasteiger charge is -2.19. The van der Waals surface area contributed by atoms with Gasteiger partial charge in [-0.05, 0) is 12.1 Å². The van der Waals surface area contributed by atoms with Crippen LogP contribution in [0.1, 0.15) is 24.9 Å². The number of hydrogen-bond acceptors (Lipinski definition) is 4. The van der Waals surface area contributed by atoms with Crippen molar-refractivity contribution in [3.05, 3.63) is 23.8 Å². The number of nitrogens with one attached hydrogen (secondary N) is 1. The normalized spacial score (nSPS) is 11.5. The summed E-state index contributed by atoms with van der Waals surface area (Å²) in [5, 5.41) is 11.5. The van der Waals surface area contributed by atoms with Crippen LogP contribution in [-0.4, -0.2) is 31.2 Å². The number of carboxylic acids is 1. The van der Waals surface area contributed by atoms with E-state index in [9.17, 15) is 9.59 Å². The van der Waals surface area contributed by atoms with E-state index in [1.54, 1.807) is 18.2 Å². The number of methoxy groups -OCH3 is 2. The fourth-order valence-corrected chi connectivity index (χ4v) is 1.77. The first-order valence-electron chi connectivity index (χ1n) is 5.68. The summed E-state index contributed by atoms with van der Waals surface area (Å²) in [6.07, 6.45) is -0.220. The number of ether oxygens (including phenoxy) is 2. The number of carboxylic acid groups (broad SMARTS) is 1. The van der Waals surface area contributed by atoms with Crippen molar-refractivity contribution >= 4 is 11.9 Å². The molecule has 19 heavy (non-hydrogen) atoms. The molecule has 1 amide bonds. The molecule has 0 heterocycles.